The van der Waals surface area contributed by atoms with E-state index >= 15 is 0 Å². The van der Waals surface area contributed by atoms with Crippen molar-refractivity contribution in [3.05, 3.63) is 0 Å². The first-order chi connectivity index (χ1) is 17.1. The van der Waals surface area contributed by atoms with Crippen LogP contribution in [-0.2, 0) is 9.59 Å². The van der Waals surface area contributed by atoms with Crippen LogP contribution in [0.1, 0.15) is 96.3 Å². The standard InChI is InChI=1S/C15H26N2O.C14H24N2O/c1-16-13-7-2-3-8-17(15(13)18)14-10-11-5-4-6-12(14)9-11;1-15-12-4-2-3-7-16(14(12)17)13-9-10-5-6-11(13)8-10/h11-14,16H,2-10H2,1H3;10-13,15H,2-9H2,1H3. The number of carbonyl (C=O) groups excluding carboxylic acids is 2. The molecule has 4 bridgehead atoms. The lowest BCUT2D eigenvalue weighted by atomic mass is 9.88. The molecule has 8 atom stereocenters. The molecule has 2 aliphatic heterocycles. The summed E-state index contributed by atoms with van der Waals surface area (Å²) in [6, 6.07) is 1.30. The molecule has 35 heavy (non-hydrogen) atoms. The number of rotatable bonds is 4. The summed E-state index contributed by atoms with van der Waals surface area (Å²) in [6.45, 7) is 2.01. The summed E-state index contributed by atoms with van der Waals surface area (Å²) in [5.74, 6) is 4.23. The topological polar surface area (TPSA) is 64.7 Å². The molecule has 0 aromatic rings. The van der Waals surface area contributed by atoms with E-state index in [1.807, 2.05) is 14.1 Å². The third-order valence-electron chi connectivity index (χ3n) is 10.6. The molecule has 6 aliphatic rings. The van der Waals surface area contributed by atoms with E-state index in [-0.39, 0.29) is 12.1 Å². The fourth-order valence-corrected chi connectivity index (χ4v) is 8.73. The predicted molar refractivity (Wildman–Crippen MR) is 140 cm³/mol. The van der Waals surface area contributed by atoms with Crippen molar-refractivity contribution in [2.75, 3.05) is 27.2 Å². The third kappa shape index (κ3) is 5.44. The minimum absolute atomic E-state index is 0.0768. The van der Waals surface area contributed by atoms with Crippen LogP contribution in [0.2, 0.25) is 0 Å². The van der Waals surface area contributed by atoms with Crippen molar-refractivity contribution in [3.63, 3.8) is 0 Å². The Balaban J connectivity index is 0.000000145. The number of hydrogen-bond acceptors (Lipinski definition) is 4. The molecule has 0 spiro atoms. The Hall–Kier alpha value is -1.14. The van der Waals surface area contributed by atoms with E-state index in [9.17, 15) is 9.59 Å². The van der Waals surface area contributed by atoms with Gasteiger partial charge in [-0.1, -0.05) is 19.3 Å². The van der Waals surface area contributed by atoms with Gasteiger partial charge in [0.25, 0.3) is 0 Å². The van der Waals surface area contributed by atoms with Crippen LogP contribution >= 0.6 is 0 Å². The molecular weight excluding hydrogens is 436 g/mol. The number of carbonyl (C=O) groups is 2. The highest BCUT2D eigenvalue weighted by Gasteiger charge is 2.45. The summed E-state index contributed by atoms with van der Waals surface area (Å²) in [7, 11) is 3.85. The van der Waals surface area contributed by atoms with E-state index in [1.54, 1.807) is 0 Å². The Kier molecular flexibility index (Phi) is 8.38. The monoisotopic (exact) mass is 486 g/mol. The largest absolute Gasteiger partial charge is 0.338 e. The minimum Gasteiger partial charge on any atom is -0.338 e. The van der Waals surface area contributed by atoms with Crippen molar-refractivity contribution in [2.24, 2.45) is 23.7 Å². The molecule has 6 nitrogen and oxygen atoms in total. The molecular formula is C29H50N4O2. The molecule has 8 unspecified atom stereocenters. The van der Waals surface area contributed by atoms with Gasteiger partial charge in [0.05, 0.1) is 12.1 Å². The summed E-state index contributed by atoms with van der Waals surface area (Å²) in [4.78, 5) is 29.6. The van der Waals surface area contributed by atoms with Gasteiger partial charge in [-0.05, 0) is 115 Å². The van der Waals surface area contributed by atoms with Crippen molar-refractivity contribution in [3.8, 4) is 0 Å². The number of amides is 2. The quantitative estimate of drug-likeness (QED) is 0.632. The first-order valence-corrected chi connectivity index (χ1v) is 15.0. The maximum atomic E-state index is 12.6. The summed E-state index contributed by atoms with van der Waals surface area (Å²) < 4.78 is 0. The second-order valence-electron chi connectivity index (χ2n) is 12.6. The van der Waals surface area contributed by atoms with Gasteiger partial charge in [0.1, 0.15) is 0 Å². The summed E-state index contributed by atoms with van der Waals surface area (Å²) in [5.41, 5.74) is 0. The highest BCUT2D eigenvalue weighted by molar-refractivity contribution is 5.83. The van der Waals surface area contributed by atoms with Crippen molar-refractivity contribution < 1.29 is 9.59 Å². The van der Waals surface area contributed by atoms with Gasteiger partial charge in [0.2, 0.25) is 11.8 Å². The van der Waals surface area contributed by atoms with Gasteiger partial charge < -0.3 is 20.4 Å². The number of likely N-dealkylation sites (N-methyl/N-ethyl adjacent to an activating group) is 2. The molecule has 4 saturated carbocycles. The van der Waals surface area contributed by atoms with Crippen LogP contribution in [0, 0.1) is 23.7 Å². The lowest BCUT2D eigenvalue weighted by molar-refractivity contribution is -0.136. The van der Waals surface area contributed by atoms with Gasteiger partial charge >= 0.3 is 0 Å². The van der Waals surface area contributed by atoms with E-state index in [2.05, 4.69) is 20.4 Å². The van der Waals surface area contributed by atoms with Gasteiger partial charge in [0, 0.05) is 25.2 Å². The number of hydrogen-bond donors (Lipinski definition) is 2. The lowest BCUT2D eigenvalue weighted by Crippen LogP contribution is -2.50. The fourth-order valence-electron chi connectivity index (χ4n) is 8.73. The van der Waals surface area contributed by atoms with Gasteiger partial charge in [-0.3, -0.25) is 9.59 Å². The Bertz CT molecular complexity index is 744. The average Bonchev–Trinajstić information content (AvgIpc) is 3.50. The van der Waals surface area contributed by atoms with Crippen LogP contribution in [0.3, 0.4) is 0 Å². The van der Waals surface area contributed by atoms with Gasteiger partial charge in [-0.25, -0.2) is 0 Å². The first kappa shape index (κ1) is 25.5. The van der Waals surface area contributed by atoms with Crippen LogP contribution in [-0.4, -0.2) is 73.0 Å². The molecule has 4 aliphatic carbocycles. The molecule has 2 saturated heterocycles. The molecule has 0 aromatic heterocycles. The maximum absolute atomic E-state index is 12.6. The zero-order valence-electron chi connectivity index (χ0n) is 22.4. The van der Waals surface area contributed by atoms with E-state index in [0.29, 0.717) is 23.9 Å². The number of likely N-dealkylation sites (tertiary alicyclic amines) is 2. The predicted octanol–water partition coefficient (Wildman–Crippen LogP) is 3.94. The van der Waals surface area contributed by atoms with Crippen molar-refractivity contribution >= 4 is 11.8 Å². The fraction of sp³-hybridized carbons (Fsp3) is 0.931. The second-order valence-corrected chi connectivity index (χ2v) is 12.6. The molecule has 6 heteroatoms. The van der Waals surface area contributed by atoms with Crippen LogP contribution < -0.4 is 10.6 Å². The lowest BCUT2D eigenvalue weighted by Gasteiger charge is -2.35. The van der Waals surface area contributed by atoms with Gasteiger partial charge in [0.15, 0.2) is 0 Å². The van der Waals surface area contributed by atoms with Crippen LogP contribution in [0.15, 0.2) is 0 Å². The van der Waals surface area contributed by atoms with Crippen molar-refractivity contribution in [1.29, 1.82) is 0 Å². The van der Waals surface area contributed by atoms with Gasteiger partial charge in [-0.15, -0.1) is 0 Å². The summed E-state index contributed by atoms with van der Waals surface area (Å²) >= 11 is 0. The van der Waals surface area contributed by atoms with Crippen LogP contribution in [0.4, 0.5) is 0 Å². The average molecular weight is 487 g/mol. The Morgan fingerprint density at radius 2 is 1.09 bits per heavy atom. The summed E-state index contributed by atoms with van der Waals surface area (Å²) in [6.07, 6.45) is 19.1. The number of nitrogens with one attached hydrogen (secondary N) is 2. The Labute approximate surface area is 213 Å². The number of nitrogens with zero attached hydrogens (tertiary/aromatic N) is 2. The first-order valence-electron chi connectivity index (χ1n) is 15.0. The third-order valence-corrected chi connectivity index (χ3v) is 10.6. The SMILES string of the molecule is CNC1CCCCN(C2CC3CCC2C3)C1=O.CNC1CCCCN(C2CC3CCCC2C3)C1=O. The van der Waals surface area contributed by atoms with E-state index < -0.39 is 0 Å². The molecule has 2 amide bonds. The minimum atomic E-state index is 0.0768. The van der Waals surface area contributed by atoms with Gasteiger partial charge in [-0.2, -0.15) is 0 Å². The molecule has 0 radical (unpaired) electrons. The normalized spacial score (nSPS) is 41.4. The van der Waals surface area contributed by atoms with E-state index in [0.717, 1.165) is 49.6 Å². The van der Waals surface area contributed by atoms with Crippen LogP contribution in [0.5, 0.6) is 0 Å². The molecule has 2 N–H and O–H groups in total. The zero-order chi connectivity index (χ0) is 24.4. The van der Waals surface area contributed by atoms with Crippen molar-refractivity contribution in [1.82, 2.24) is 20.4 Å². The molecule has 0 aromatic carbocycles. The smallest absolute Gasteiger partial charge is 0.239 e. The van der Waals surface area contributed by atoms with Crippen molar-refractivity contribution in [2.45, 2.75) is 120 Å². The Morgan fingerprint density at radius 3 is 1.54 bits per heavy atom. The second kappa shape index (κ2) is 11.5. The molecule has 6 fully saturated rings. The highest BCUT2D eigenvalue weighted by Crippen LogP contribution is 2.47. The maximum Gasteiger partial charge on any atom is 0.239 e. The molecule has 6 rings (SSSR count). The summed E-state index contributed by atoms with van der Waals surface area (Å²) in [5, 5.41) is 6.42. The molecule has 198 valence electrons. The highest BCUT2D eigenvalue weighted by atomic mass is 16.2. The van der Waals surface area contributed by atoms with E-state index in [1.165, 1.54) is 83.5 Å². The van der Waals surface area contributed by atoms with E-state index in [4.69, 9.17) is 0 Å². The van der Waals surface area contributed by atoms with Crippen LogP contribution in [0.25, 0.3) is 0 Å². The zero-order valence-corrected chi connectivity index (χ0v) is 22.4. The molecule has 2 heterocycles. The number of fused-ring (bicyclic) bond motifs is 4. The Morgan fingerprint density at radius 1 is 0.571 bits per heavy atom.